The SMILES string of the molecule is O=C1NC=C[C@H]1O[C@H]1O[C@@H](CO)[C@H](O)[C@@H](O)[C@@H]1O. The van der Waals surface area contributed by atoms with Crippen LogP contribution in [0.15, 0.2) is 12.3 Å². The number of nitrogens with one attached hydrogen (secondary N) is 1. The molecule has 0 aliphatic carbocycles. The average Bonchev–Trinajstić information content (AvgIpc) is 2.76. The van der Waals surface area contributed by atoms with E-state index in [9.17, 15) is 20.1 Å². The van der Waals surface area contributed by atoms with E-state index >= 15 is 0 Å². The van der Waals surface area contributed by atoms with Crippen LogP contribution in [0.2, 0.25) is 0 Å². The Morgan fingerprint density at radius 2 is 2.00 bits per heavy atom. The molecule has 2 aliphatic heterocycles. The Balaban J connectivity index is 2.03. The van der Waals surface area contributed by atoms with Crippen molar-refractivity contribution in [3.05, 3.63) is 12.3 Å². The largest absolute Gasteiger partial charge is 0.394 e. The van der Waals surface area contributed by atoms with Gasteiger partial charge in [-0.2, -0.15) is 0 Å². The molecule has 2 aliphatic rings. The summed E-state index contributed by atoms with van der Waals surface area (Å²) in [6.45, 7) is -0.544. The van der Waals surface area contributed by atoms with Gasteiger partial charge in [0.25, 0.3) is 5.91 Å². The minimum absolute atomic E-state index is 0.424. The number of rotatable bonds is 3. The van der Waals surface area contributed by atoms with Crippen LogP contribution in [0.25, 0.3) is 0 Å². The first-order valence-electron chi connectivity index (χ1n) is 5.47. The van der Waals surface area contributed by atoms with Crippen molar-refractivity contribution >= 4 is 5.91 Å². The third kappa shape index (κ3) is 2.39. The lowest BCUT2D eigenvalue weighted by Gasteiger charge is -2.40. The number of hydrogen-bond donors (Lipinski definition) is 5. The molecule has 0 aromatic heterocycles. The van der Waals surface area contributed by atoms with E-state index in [1.165, 1.54) is 12.3 Å². The van der Waals surface area contributed by atoms with Crippen LogP contribution in [0.3, 0.4) is 0 Å². The normalized spacial score (nSPS) is 44.1. The highest BCUT2D eigenvalue weighted by atomic mass is 16.7. The standard InChI is InChI=1S/C10H15NO7/c12-3-5-6(13)7(14)8(15)10(18-5)17-4-1-2-11-9(4)16/h1-2,4-8,10,12-15H,3H2,(H,11,16)/t4-,5+,6+,7-,8+,10+/m1/s1. The smallest absolute Gasteiger partial charge is 0.257 e. The molecular formula is C10H15NO7. The van der Waals surface area contributed by atoms with E-state index in [4.69, 9.17) is 14.6 Å². The van der Waals surface area contributed by atoms with E-state index in [-0.39, 0.29) is 0 Å². The molecule has 2 rings (SSSR count). The van der Waals surface area contributed by atoms with Gasteiger partial charge in [-0.3, -0.25) is 4.79 Å². The van der Waals surface area contributed by atoms with Gasteiger partial charge in [-0.25, -0.2) is 0 Å². The third-order valence-corrected chi connectivity index (χ3v) is 2.88. The Labute approximate surface area is 102 Å². The Morgan fingerprint density at radius 1 is 1.28 bits per heavy atom. The Bertz CT molecular complexity index is 345. The summed E-state index contributed by atoms with van der Waals surface area (Å²) in [5.41, 5.74) is 0. The molecule has 0 aromatic rings. The molecule has 0 aromatic carbocycles. The van der Waals surface area contributed by atoms with Gasteiger partial charge >= 0.3 is 0 Å². The van der Waals surface area contributed by atoms with Crippen molar-refractivity contribution in [3.8, 4) is 0 Å². The van der Waals surface area contributed by atoms with E-state index in [0.29, 0.717) is 0 Å². The molecule has 1 saturated heterocycles. The Morgan fingerprint density at radius 3 is 2.56 bits per heavy atom. The van der Waals surface area contributed by atoms with Gasteiger partial charge in [-0.1, -0.05) is 0 Å². The summed E-state index contributed by atoms with van der Waals surface area (Å²) in [6.07, 6.45) is -4.97. The lowest BCUT2D eigenvalue weighted by Crippen LogP contribution is -2.59. The van der Waals surface area contributed by atoms with Crippen LogP contribution in [-0.2, 0) is 14.3 Å². The Kier molecular flexibility index (Phi) is 3.95. The van der Waals surface area contributed by atoms with Crippen LogP contribution >= 0.6 is 0 Å². The summed E-state index contributed by atoms with van der Waals surface area (Å²) < 4.78 is 10.3. The molecule has 8 heteroatoms. The van der Waals surface area contributed by atoms with Crippen molar-refractivity contribution in [1.29, 1.82) is 0 Å². The topological polar surface area (TPSA) is 128 Å². The first-order chi connectivity index (χ1) is 8.54. The van der Waals surface area contributed by atoms with E-state index < -0.39 is 49.3 Å². The summed E-state index contributed by atoms with van der Waals surface area (Å²) in [5.74, 6) is -0.424. The summed E-state index contributed by atoms with van der Waals surface area (Å²) >= 11 is 0. The first-order valence-corrected chi connectivity index (χ1v) is 5.47. The van der Waals surface area contributed by atoms with Gasteiger partial charge in [0, 0.05) is 6.20 Å². The van der Waals surface area contributed by atoms with Gasteiger partial charge in [-0.15, -0.1) is 0 Å². The van der Waals surface area contributed by atoms with Gasteiger partial charge in [0.2, 0.25) is 0 Å². The predicted octanol–water partition coefficient (Wildman–Crippen LogP) is -3.18. The number of ether oxygens (including phenoxy) is 2. The fourth-order valence-corrected chi connectivity index (χ4v) is 1.82. The molecule has 0 spiro atoms. The number of amides is 1. The fourth-order valence-electron chi connectivity index (χ4n) is 1.82. The fraction of sp³-hybridized carbons (Fsp3) is 0.700. The first kappa shape index (κ1) is 13.4. The molecule has 102 valence electrons. The van der Waals surface area contributed by atoms with Crippen LogP contribution in [0.1, 0.15) is 0 Å². The number of aliphatic hydroxyl groups excluding tert-OH is 4. The summed E-state index contributed by atoms with van der Waals surface area (Å²) in [6, 6.07) is 0. The van der Waals surface area contributed by atoms with Gasteiger partial charge < -0.3 is 35.2 Å². The molecule has 0 radical (unpaired) electrons. The summed E-state index contributed by atoms with van der Waals surface area (Å²) in [5, 5.41) is 40.1. The molecule has 0 unspecified atom stereocenters. The van der Waals surface area contributed by atoms with Gasteiger partial charge in [0.1, 0.15) is 24.4 Å². The van der Waals surface area contributed by atoms with Crippen molar-refractivity contribution in [3.63, 3.8) is 0 Å². The van der Waals surface area contributed by atoms with Crippen molar-refractivity contribution in [2.24, 2.45) is 0 Å². The van der Waals surface area contributed by atoms with E-state index in [0.717, 1.165) is 0 Å². The predicted molar refractivity (Wildman–Crippen MR) is 55.9 cm³/mol. The molecular weight excluding hydrogens is 246 g/mol. The summed E-state index contributed by atoms with van der Waals surface area (Å²) in [7, 11) is 0. The lowest BCUT2D eigenvalue weighted by atomic mass is 9.99. The monoisotopic (exact) mass is 261 g/mol. The Hall–Kier alpha value is -1.03. The van der Waals surface area contributed by atoms with Crippen LogP contribution in [0, 0.1) is 0 Å². The van der Waals surface area contributed by atoms with E-state index in [2.05, 4.69) is 5.32 Å². The van der Waals surface area contributed by atoms with Crippen LogP contribution in [0.5, 0.6) is 0 Å². The lowest BCUT2D eigenvalue weighted by molar-refractivity contribution is -0.304. The highest BCUT2D eigenvalue weighted by Gasteiger charge is 2.45. The van der Waals surface area contributed by atoms with Crippen LogP contribution in [-0.4, -0.2) is 69.8 Å². The zero-order valence-corrected chi connectivity index (χ0v) is 9.34. The van der Waals surface area contributed by atoms with Crippen molar-refractivity contribution in [1.82, 2.24) is 5.32 Å². The molecule has 1 fully saturated rings. The number of hydrogen-bond acceptors (Lipinski definition) is 7. The highest BCUT2D eigenvalue weighted by molar-refractivity contribution is 5.86. The number of aliphatic hydroxyl groups is 4. The van der Waals surface area contributed by atoms with Gasteiger partial charge in [0.15, 0.2) is 12.4 Å². The number of carbonyl (C=O) groups is 1. The van der Waals surface area contributed by atoms with E-state index in [1.807, 2.05) is 0 Å². The molecule has 8 nitrogen and oxygen atoms in total. The molecule has 2 heterocycles. The van der Waals surface area contributed by atoms with Crippen molar-refractivity contribution < 1.29 is 34.7 Å². The van der Waals surface area contributed by atoms with Crippen molar-refractivity contribution in [2.75, 3.05) is 6.61 Å². The molecule has 6 atom stereocenters. The molecule has 1 amide bonds. The second-order valence-electron chi connectivity index (χ2n) is 4.12. The average molecular weight is 261 g/mol. The number of carbonyl (C=O) groups excluding carboxylic acids is 1. The zero-order chi connectivity index (χ0) is 13.3. The maximum atomic E-state index is 11.3. The minimum Gasteiger partial charge on any atom is -0.394 e. The van der Waals surface area contributed by atoms with Gasteiger partial charge in [0.05, 0.1) is 6.61 Å². The molecule has 0 bridgehead atoms. The van der Waals surface area contributed by atoms with Crippen LogP contribution < -0.4 is 5.32 Å². The second-order valence-corrected chi connectivity index (χ2v) is 4.12. The molecule has 0 saturated carbocycles. The molecule has 18 heavy (non-hydrogen) atoms. The molecule has 5 N–H and O–H groups in total. The van der Waals surface area contributed by atoms with E-state index in [1.54, 1.807) is 0 Å². The zero-order valence-electron chi connectivity index (χ0n) is 9.34. The maximum absolute atomic E-state index is 11.3. The van der Waals surface area contributed by atoms with Crippen LogP contribution in [0.4, 0.5) is 0 Å². The third-order valence-electron chi connectivity index (χ3n) is 2.88. The maximum Gasteiger partial charge on any atom is 0.257 e. The highest BCUT2D eigenvalue weighted by Crippen LogP contribution is 2.23. The summed E-state index contributed by atoms with van der Waals surface area (Å²) in [4.78, 5) is 11.3. The van der Waals surface area contributed by atoms with Crippen molar-refractivity contribution in [2.45, 2.75) is 36.8 Å². The minimum atomic E-state index is -1.52. The van der Waals surface area contributed by atoms with Gasteiger partial charge in [-0.05, 0) is 6.08 Å². The quantitative estimate of drug-likeness (QED) is 0.362. The second kappa shape index (κ2) is 5.31.